The van der Waals surface area contributed by atoms with Gasteiger partial charge in [0.05, 0.1) is 6.67 Å². The third kappa shape index (κ3) is 4.37. The van der Waals surface area contributed by atoms with Crippen LogP contribution in [0.2, 0.25) is 0 Å². The Hall–Kier alpha value is -3.55. The molecule has 1 aliphatic carbocycles. The molecule has 2 aliphatic rings. The second kappa shape index (κ2) is 8.86. The lowest BCUT2D eigenvalue weighted by atomic mass is 9.82. The van der Waals surface area contributed by atoms with Crippen molar-refractivity contribution in [3.63, 3.8) is 0 Å². The maximum absolute atomic E-state index is 13.1. The van der Waals surface area contributed by atoms with Crippen LogP contribution < -0.4 is 5.32 Å². The van der Waals surface area contributed by atoms with Gasteiger partial charge >= 0.3 is 11.9 Å². The lowest BCUT2D eigenvalue weighted by Gasteiger charge is -2.24. The fourth-order valence-electron chi connectivity index (χ4n) is 3.98. The largest absolute Gasteiger partial charge is 0.478 e. The van der Waals surface area contributed by atoms with Gasteiger partial charge in [-0.25, -0.2) is 9.59 Å². The maximum Gasteiger partial charge on any atom is 0.328 e. The molecule has 1 aliphatic heterocycles. The van der Waals surface area contributed by atoms with Gasteiger partial charge < -0.3 is 25.0 Å². The zero-order valence-electron chi connectivity index (χ0n) is 17.0. The number of carbonyl (C=O) groups excluding carboxylic acids is 1. The van der Waals surface area contributed by atoms with E-state index in [-0.39, 0.29) is 5.92 Å². The topological polar surface area (TPSA) is 112 Å². The number of aryl methyl sites for hydroxylation is 1. The van der Waals surface area contributed by atoms with Crippen molar-refractivity contribution in [3.8, 4) is 0 Å². The van der Waals surface area contributed by atoms with Gasteiger partial charge in [-0.05, 0) is 25.3 Å². The van der Waals surface area contributed by atoms with Crippen molar-refractivity contribution in [3.05, 3.63) is 59.6 Å². The molecule has 3 N–H and O–H groups in total. The minimum absolute atomic E-state index is 0.104. The smallest absolute Gasteiger partial charge is 0.328 e. The Balaban J connectivity index is 0.000000275. The number of carboxylic acid groups (broad SMARTS) is 2. The molecular weight excluding hydrogens is 386 g/mol. The lowest BCUT2D eigenvalue weighted by molar-refractivity contribution is -0.134. The Morgan fingerprint density at radius 2 is 1.83 bits per heavy atom. The van der Waals surface area contributed by atoms with Gasteiger partial charge in [0.25, 0.3) is 0 Å². The molecule has 0 fully saturated rings. The lowest BCUT2D eigenvalue weighted by Crippen LogP contribution is -2.26. The number of ketones is 1. The molecule has 0 saturated carbocycles. The average Bonchev–Trinajstić information content (AvgIpc) is 3.24. The van der Waals surface area contributed by atoms with E-state index in [2.05, 4.69) is 41.0 Å². The van der Waals surface area contributed by atoms with E-state index >= 15 is 0 Å². The molecule has 8 nitrogen and oxygen atoms in total. The highest BCUT2D eigenvalue weighted by Gasteiger charge is 2.33. The second-order valence-electron chi connectivity index (χ2n) is 7.41. The first-order chi connectivity index (χ1) is 14.3. The van der Waals surface area contributed by atoms with E-state index in [1.807, 2.05) is 18.3 Å². The summed E-state index contributed by atoms with van der Waals surface area (Å²) in [6.07, 6.45) is 5.93. The molecule has 8 heteroatoms. The molecule has 158 valence electrons. The number of rotatable bonds is 4. The molecule has 2 heterocycles. The minimum atomic E-state index is -1.26. The van der Waals surface area contributed by atoms with E-state index in [4.69, 9.17) is 10.2 Å². The monoisotopic (exact) mass is 411 g/mol. The van der Waals surface area contributed by atoms with Gasteiger partial charge in [-0.15, -0.1) is 0 Å². The Morgan fingerprint density at radius 1 is 1.17 bits per heavy atom. The number of carbonyl (C=O) groups is 3. The second-order valence-corrected chi connectivity index (χ2v) is 7.41. The van der Waals surface area contributed by atoms with Crippen LogP contribution in [0.5, 0.6) is 0 Å². The molecular formula is C22H25N3O5. The van der Waals surface area contributed by atoms with Crippen molar-refractivity contribution in [2.75, 3.05) is 13.7 Å². The molecule has 0 amide bonds. The van der Waals surface area contributed by atoms with E-state index in [0.717, 1.165) is 36.9 Å². The van der Waals surface area contributed by atoms with Crippen molar-refractivity contribution >= 4 is 28.6 Å². The highest BCUT2D eigenvalue weighted by atomic mass is 16.4. The minimum Gasteiger partial charge on any atom is -0.478 e. The summed E-state index contributed by atoms with van der Waals surface area (Å²) in [4.78, 5) is 34.4. The van der Waals surface area contributed by atoms with E-state index < -0.39 is 11.9 Å². The van der Waals surface area contributed by atoms with Crippen LogP contribution >= 0.6 is 0 Å². The third-order valence-corrected chi connectivity index (χ3v) is 5.49. The van der Waals surface area contributed by atoms with Crippen molar-refractivity contribution in [1.29, 1.82) is 0 Å². The normalized spacial score (nSPS) is 17.9. The molecule has 0 spiro atoms. The van der Waals surface area contributed by atoms with Crippen LogP contribution in [0.1, 0.15) is 28.9 Å². The molecule has 2 aromatic rings. The first-order valence-corrected chi connectivity index (χ1v) is 9.67. The van der Waals surface area contributed by atoms with Crippen LogP contribution in [-0.4, -0.2) is 51.1 Å². The summed E-state index contributed by atoms with van der Waals surface area (Å²) in [5.74, 6) is -2.09. The van der Waals surface area contributed by atoms with Gasteiger partial charge in [-0.1, -0.05) is 18.2 Å². The average molecular weight is 411 g/mol. The van der Waals surface area contributed by atoms with Gasteiger partial charge in [0.2, 0.25) is 0 Å². The molecule has 1 atom stereocenters. The fraction of sp³-hybridized carbons (Fsp3) is 0.318. The van der Waals surface area contributed by atoms with Crippen molar-refractivity contribution < 1.29 is 24.6 Å². The standard InChI is InChI=1S/C18H21N3O.C4H4O4/c1-20-11-19-10-13(20)9-12-7-8-16-17(18(12)22)14-5-3-4-6-15(14)21(16)2;5-3(6)1-2-4(7)8/h3-6,10,12,19H,7-9,11H2,1-2H3;1-2H,(H,5,6)(H,7,8). The number of aromatic nitrogens is 1. The SMILES string of the molecule is CN1CNC=C1CC1CCc2c(c3ccccc3n2C)C1=O.O=C(O)C=CC(=O)O. The molecule has 0 saturated heterocycles. The summed E-state index contributed by atoms with van der Waals surface area (Å²) >= 11 is 0. The molecule has 0 radical (unpaired) electrons. The Bertz CT molecular complexity index is 1030. The third-order valence-electron chi connectivity index (χ3n) is 5.49. The van der Waals surface area contributed by atoms with Crippen LogP contribution in [0.15, 0.2) is 48.3 Å². The maximum atomic E-state index is 13.1. The molecule has 0 bridgehead atoms. The summed E-state index contributed by atoms with van der Waals surface area (Å²) < 4.78 is 2.20. The number of hydrogen-bond acceptors (Lipinski definition) is 5. The van der Waals surface area contributed by atoms with E-state index in [0.29, 0.717) is 17.9 Å². The summed E-state index contributed by atoms with van der Waals surface area (Å²) in [5.41, 5.74) is 4.57. The van der Waals surface area contributed by atoms with E-state index in [9.17, 15) is 14.4 Å². The number of hydrogen-bond donors (Lipinski definition) is 3. The van der Waals surface area contributed by atoms with E-state index in [1.54, 1.807) is 0 Å². The first kappa shape index (κ1) is 21.2. The van der Waals surface area contributed by atoms with Gasteiger partial charge in [0.15, 0.2) is 5.78 Å². The van der Waals surface area contributed by atoms with Crippen LogP contribution in [0.4, 0.5) is 0 Å². The zero-order chi connectivity index (χ0) is 21.8. The number of fused-ring (bicyclic) bond motifs is 3. The van der Waals surface area contributed by atoms with Crippen LogP contribution in [0.25, 0.3) is 10.9 Å². The number of allylic oxidation sites excluding steroid dienone is 1. The quantitative estimate of drug-likeness (QED) is 0.662. The fourth-order valence-corrected chi connectivity index (χ4v) is 3.98. The van der Waals surface area contributed by atoms with Gasteiger partial charge in [-0.2, -0.15) is 0 Å². The predicted octanol–water partition coefficient (Wildman–Crippen LogP) is 2.36. The summed E-state index contributed by atoms with van der Waals surface area (Å²) in [5, 5.41) is 20.0. The van der Waals surface area contributed by atoms with Gasteiger partial charge in [0, 0.05) is 66.2 Å². The molecule has 4 rings (SSSR count). The number of Topliss-reactive ketones (excluding diaryl/α,β-unsaturated/α-hetero) is 1. The zero-order valence-corrected chi connectivity index (χ0v) is 17.0. The van der Waals surface area contributed by atoms with Gasteiger partial charge in [0.1, 0.15) is 0 Å². The van der Waals surface area contributed by atoms with Crippen molar-refractivity contribution in [2.45, 2.75) is 19.3 Å². The Labute approximate surface area is 174 Å². The number of nitrogens with zero attached hydrogens (tertiary/aromatic N) is 2. The Morgan fingerprint density at radius 3 is 2.43 bits per heavy atom. The summed E-state index contributed by atoms with van der Waals surface area (Å²) in [6, 6.07) is 8.25. The predicted molar refractivity (Wildman–Crippen MR) is 112 cm³/mol. The number of nitrogens with one attached hydrogen (secondary N) is 1. The van der Waals surface area contributed by atoms with Crippen LogP contribution in [0.3, 0.4) is 0 Å². The number of aliphatic carboxylic acids is 2. The van der Waals surface area contributed by atoms with Crippen LogP contribution in [0, 0.1) is 5.92 Å². The summed E-state index contributed by atoms with van der Waals surface area (Å²) in [6.45, 7) is 0.843. The van der Waals surface area contributed by atoms with Crippen LogP contribution in [-0.2, 0) is 23.1 Å². The first-order valence-electron chi connectivity index (χ1n) is 9.67. The molecule has 1 unspecified atom stereocenters. The highest BCUT2D eigenvalue weighted by molar-refractivity contribution is 6.11. The highest BCUT2D eigenvalue weighted by Crippen LogP contribution is 2.36. The molecule has 30 heavy (non-hydrogen) atoms. The van der Waals surface area contributed by atoms with Gasteiger partial charge in [-0.3, -0.25) is 4.79 Å². The van der Waals surface area contributed by atoms with Crippen molar-refractivity contribution in [2.24, 2.45) is 13.0 Å². The van der Waals surface area contributed by atoms with E-state index in [1.165, 1.54) is 16.9 Å². The number of benzene rings is 1. The van der Waals surface area contributed by atoms with Crippen molar-refractivity contribution in [1.82, 2.24) is 14.8 Å². The summed E-state index contributed by atoms with van der Waals surface area (Å²) in [7, 11) is 4.15. The number of para-hydroxylation sites is 1. The number of carboxylic acids is 2. The molecule has 1 aromatic heterocycles. The molecule has 1 aromatic carbocycles. The Kier molecular flexibility index (Phi) is 6.25.